The van der Waals surface area contributed by atoms with Crippen LogP contribution in [0.5, 0.6) is 0 Å². The molecule has 0 spiro atoms. The van der Waals surface area contributed by atoms with Crippen LogP contribution in [0.15, 0.2) is 91.0 Å². The molecular formula is C31H32O9. The van der Waals surface area contributed by atoms with Crippen molar-refractivity contribution in [2.45, 2.75) is 57.1 Å². The van der Waals surface area contributed by atoms with Crippen molar-refractivity contribution >= 4 is 17.9 Å². The predicted octanol–water partition coefficient (Wildman–Crippen LogP) is 3.51. The third kappa shape index (κ3) is 6.39. The molecule has 1 fully saturated rings. The number of benzene rings is 3. The summed E-state index contributed by atoms with van der Waals surface area (Å²) in [5, 5.41) is 10.8. The van der Waals surface area contributed by atoms with Crippen LogP contribution in [0.3, 0.4) is 0 Å². The quantitative estimate of drug-likeness (QED) is 0.244. The first-order valence-corrected chi connectivity index (χ1v) is 12.9. The van der Waals surface area contributed by atoms with E-state index in [1.54, 1.807) is 0 Å². The fraction of sp³-hybridized carbons (Fsp3) is 0.323. The molecule has 1 heterocycles. The van der Waals surface area contributed by atoms with Crippen LogP contribution in [-0.2, 0) is 43.7 Å². The molecule has 1 aliphatic rings. The number of hydrogen-bond donors (Lipinski definition) is 1. The summed E-state index contributed by atoms with van der Waals surface area (Å²) in [7, 11) is 0. The highest BCUT2D eigenvalue weighted by Gasteiger charge is 2.52. The Morgan fingerprint density at radius 1 is 0.650 bits per heavy atom. The van der Waals surface area contributed by atoms with Crippen LogP contribution in [0, 0.1) is 0 Å². The highest BCUT2D eigenvalue weighted by molar-refractivity contribution is 5.68. The molecule has 0 aromatic heterocycles. The predicted molar refractivity (Wildman–Crippen MR) is 143 cm³/mol. The summed E-state index contributed by atoms with van der Waals surface area (Å²) < 4.78 is 28.8. The summed E-state index contributed by atoms with van der Waals surface area (Å²) in [5.41, 5.74) is 1.33. The summed E-state index contributed by atoms with van der Waals surface area (Å²) in [6.45, 7) is 3.28. The molecule has 0 radical (unpaired) electrons. The molecule has 0 saturated carbocycles. The standard InChI is InChI=1S/C31H32O9/c1-20(32)37-27-26(40-30(35)29(39-22(3)34)28(27)38-21(2)33)19-36-31(23-13-7-4-8-14-23,24-15-9-5-10-16-24)25-17-11-6-12-18-25/h4-18,26-30,35H,19H2,1-3H3/t26-,27+,28+,29+,30+/m0/s1. The van der Waals surface area contributed by atoms with Gasteiger partial charge < -0.3 is 28.8 Å². The molecule has 210 valence electrons. The van der Waals surface area contributed by atoms with Crippen LogP contribution in [0.1, 0.15) is 37.5 Å². The van der Waals surface area contributed by atoms with Crippen molar-refractivity contribution in [2.75, 3.05) is 6.61 Å². The van der Waals surface area contributed by atoms with Gasteiger partial charge in [-0.2, -0.15) is 0 Å². The number of hydrogen-bond acceptors (Lipinski definition) is 9. The zero-order valence-corrected chi connectivity index (χ0v) is 22.5. The lowest BCUT2D eigenvalue weighted by Gasteiger charge is -2.44. The van der Waals surface area contributed by atoms with Crippen LogP contribution >= 0.6 is 0 Å². The normalized spacial score (nSPS) is 22.6. The lowest BCUT2D eigenvalue weighted by Crippen LogP contribution is -2.62. The van der Waals surface area contributed by atoms with Gasteiger partial charge in [0.25, 0.3) is 0 Å². The molecule has 0 aliphatic carbocycles. The van der Waals surface area contributed by atoms with E-state index in [0.29, 0.717) is 0 Å². The van der Waals surface area contributed by atoms with Crippen molar-refractivity contribution in [3.63, 3.8) is 0 Å². The van der Waals surface area contributed by atoms with E-state index in [9.17, 15) is 19.5 Å². The first kappa shape index (κ1) is 28.9. The summed E-state index contributed by atoms with van der Waals surface area (Å²) in [4.78, 5) is 35.9. The highest BCUT2D eigenvalue weighted by Crippen LogP contribution is 2.41. The van der Waals surface area contributed by atoms with Crippen molar-refractivity contribution < 1.29 is 43.2 Å². The van der Waals surface area contributed by atoms with E-state index in [0.717, 1.165) is 30.5 Å². The smallest absolute Gasteiger partial charge is 0.303 e. The first-order chi connectivity index (χ1) is 19.2. The van der Waals surface area contributed by atoms with Crippen molar-refractivity contribution in [3.05, 3.63) is 108 Å². The third-order valence-corrected chi connectivity index (χ3v) is 6.52. The largest absolute Gasteiger partial charge is 0.456 e. The Bertz CT molecular complexity index is 1180. The maximum atomic E-state index is 12.1. The fourth-order valence-electron chi connectivity index (χ4n) is 4.98. The average Bonchev–Trinajstić information content (AvgIpc) is 2.94. The molecule has 9 heteroatoms. The van der Waals surface area contributed by atoms with E-state index >= 15 is 0 Å². The maximum Gasteiger partial charge on any atom is 0.303 e. The molecule has 0 bridgehead atoms. The zero-order chi connectivity index (χ0) is 28.7. The Morgan fingerprint density at radius 3 is 1.43 bits per heavy atom. The van der Waals surface area contributed by atoms with Crippen molar-refractivity contribution in [3.8, 4) is 0 Å². The molecule has 1 aliphatic heterocycles. The van der Waals surface area contributed by atoms with Crippen LogP contribution in [0.25, 0.3) is 0 Å². The van der Waals surface area contributed by atoms with Crippen LogP contribution in [-0.4, -0.2) is 60.3 Å². The number of rotatable bonds is 9. The monoisotopic (exact) mass is 548 g/mol. The Hall–Kier alpha value is -4.05. The molecule has 9 nitrogen and oxygen atoms in total. The maximum absolute atomic E-state index is 12.1. The Morgan fingerprint density at radius 2 is 1.02 bits per heavy atom. The number of carbonyl (C=O) groups excluding carboxylic acids is 3. The molecule has 1 N–H and O–H groups in total. The minimum atomic E-state index is -1.69. The molecule has 3 aromatic carbocycles. The Kier molecular flexibility index (Phi) is 9.31. The van der Waals surface area contributed by atoms with Crippen molar-refractivity contribution in [1.29, 1.82) is 0 Å². The van der Waals surface area contributed by atoms with E-state index in [1.165, 1.54) is 6.92 Å². The summed E-state index contributed by atoms with van der Waals surface area (Å²) in [6, 6.07) is 28.8. The van der Waals surface area contributed by atoms with Gasteiger partial charge in [0, 0.05) is 20.8 Å². The molecule has 40 heavy (non-hydrogen) atoms. The highest BCUT2D eigenvalue weighted by atomic mass is 16.7. The molecule has 4 rings (SSSR count). The molecule has 5 atom stereocenters. The number of aliphatic hydroxyl groups is 1. The van der Waals surface area contributed by atoms with Crippen molar-refractivity contribution in [1.82, 2.24) is 0 Å². The van der Waals surface area contributed by atoms with E-state index in [-0.39, 0.29) is 6.61 Å². The summed E-state index contributed by atoms with van der Waals surface area (Å²) >= 11 is 0. The van der Waals surface area contributed by atoms with Gasteiger partial charge in [0.05, 0.1) is 6.61 Å². The molecular weight excluding hydrogens is 516 g/mol. The first-order valence-electron chi connectivity index (χ1n) is 12.9. The zero-order valence-electron chi connectivity index (χ0n) is 22.5. The van der Waals surface area contributed by atoms with Gasteiger partial charge >= 0.3 is 17.9 Å². The van der Waals surface area contributed by atoms with Gasteiger partial charge in [-0.1, -0.05) is 91.0 Å². The second-order valence-corrected chi connectivity index (χ2v) is 9.38. The van der Waals surface area contributed by atoms with Gasteiger partial charge in [-0.3, -0.25) is 14.4 Å². The average molecular weight is 549 g/mol. The molecule has 1 saturated heterocycles. The van der Waals surface area contributed by atoms with Gasteiger partial charge in [0.2, 0.25) is 0 Å². The number of carbonyl (C=O) groups is 3. The second-order valence-electron chi connectivity index (χ2n) is 9.38. The van der Waals surface area contributed by atoms with Gasteiger partial charge in [0.1, 0.15) is 11.7 Å². The van der Waals surface area contributed by atoms with E-state index in [2.05, 4.69) is 0 Å². The molecule has 0 amide bonds. The van der Waals surface area contributed by atoms with Crippen molar-refractivity contribution in [2.24, 2.45) is 0 Å². The van der Waals surface area contributed by atoms with Crippen LogP contribution in [0.4, 0.5) is 0 Å². The minimum absolute atomic E-state index is 0.210. The Balaban J connectivity index is 1.79. The lowest BCUT2D eigenvalue weighted by molar-refractivity contribution is -0.299. The van der Waals surface area contributed by atoms with Gasteiger partial charge in [-0.25, -0.2) is 0 Å². The Labute approximate surface area is 232 Å². The molecule has 3 aromatic rings. The lowest BCUT2D eigenvalue weighted by atomic mass is 9.80. The van der Waals surface area contributed by atoms with Gasteiger partial charge in [0.15, 0.2) is 24.6 Å². The van der Waals surface area contributed by atoms with Gasteiger partial charge in [-0.15, -0.1) is 0 Å². The minimum Gasteiger partial charge on any atom is -0.456 e. The third-order valence-electron chi connectivity index (χ3n) is 6.52. The topological polar surface area (TPSA) is 118 Å². The van der Waals surface area contributed by atoms with Crippen LogP contribution < -0.4 is 0 Å². The number of aliphatic hydroxyl groups excluding tert-OH is 1. The summed E-state index contributed by atoms with van der Waals surface area (Å²) in [5.74, 6) is -2.15. The number of ether oxygens (including phenoxy) is 5. The van der Waals surface area contributed by atoms with E-state index in [1.807, 2.05) is 91.0 Å². The van der Waals surface area contributed by atoms with Crippen LogP contribution in [0.2, 0.25) is 0 Å². The van der Waals surface area contributed by atoms with E-state index < -0.39 is 54.2 Å². The SMILES string of the molecule is CC(=O)O[C@H]1[C@@H](OC(C)=O)[C@H](O)O[C@@H](COC(c2ccccc2)(c2ccccc2)c2ccccc2)[C@H]1OC(C)=O. The fourth-order valence-corrected chi connectivity index (χ4v) is 4.98. The van der Waals surface area contributed by atoms with E-state index in [4.69, 9.17) is 23.7 Å². The number of esters is 3. The molecule has 0 unspecified atom stereocenters. The summed E-state index contributed by atoms with van der Waals surface area (Å²) in [6.07, 6.45) is -6.82. The van der Waals surface area contributed by atoms with Gasteiger partial charge in [-0.05, 0) is 16.7 Å². The second kappa shape index (κ2) is 12.9.